The van der Waals surface area contributed by atoms with Gasteiger partial charge in [-0.1, -0.05) is 0 Å². The monoisotopic (exact) mass is 239 g/mol. The van der Waals surface area contributed by atoms with E-state index in [9.17, 15) is 9.59 Å². The fourth-order valence-electron chi connectivity index (χ4n) is 1.61. The summed E-state index contributed by atoms with van der Waals surface area (Å²) in [6, 6.07) is 0.285. The predicted molar refractivity (Wildman–Crippen MR) is 67.0 cm³/mol. The molecule has 0 saturated carbocycles. The van der Waals surface area contributed by atoms with Crippen molar-refractivity contribution in [1.82, 2.24) is 14.5 Å². The van der Waals surface area contributed by atoms with Crippen LogP contribution in [-0.4, -0.2) is 21.1 Å². The first-order chi connectivity index (χ1) is 7.91. The molecule has 1 N–H and O–H groups in total. The van der Waals surface area contributed by atoms with Gasteiger partial charge in [-0.2, -0.15) is 0 Å². The summed E-state index contributed by atoms with van der Waals surface area (Å²) in [6.07, 6.45) is 3.82. The molecule has 0 bridgehead atoms. The maximum Gasteiger partial charge on any atom is 0.328 e. The fourth-order valence-corrected chi connectivity index (χ4v) is 1.61. The minimum Gasteiger partial charge on any atom is -0.354 e. The van der Waals surface area contributed by atoms with Gasteiger partial charge >= 0.3 is 5.69 Å². The van der Waals surface area contributed by atoms with Gasteiger partial charge in [0.05, 0.1) is 0 Å². The third-order valence-electron chi connectivity index (χ3n) is 2.46. The number of carbonyl (C=O) groups is 1. The smallest absolute Gasteiger partial charge is 0.328 e. The lowest BCUT2D eigenvalue weighted by Gasteiger charge is -2.08. The van der Waals surface area contributed by atoms with Crippen LogP contribution in [-0.2, 0) is 11.3 Å². The molecule has 1 aromatic rings. The summed E-state index contributed by atoms with van der Waals surface area (Å²) in [5.41, 5.74) is -0.0580. The molecule has 1 aromatic heterocycles. The second-order valence-corrected chi connectivity index (χ2v) is 4.75. The number of imidazole rings is 1. The van der Waals surface area contributed by atoms with Crippen LogP contribution in [0.2, 0.25) is 0 Å². The molecule has 0 fully saturated rings. The van der Waals surface area contributed by atoms with Crippen LogP contribution in [0.1, 0.15) is 40.2 Å². The Kier molecular flexibility index (Phi) is 4.54. The van der Waals surface area contributed by atoms with E-state index in [1.807, 2.05) is 27.7 Å². The first-order valence-electron chi connectivity index (χ1n) is 5.98. The zero-order valence-corrected chi connectivity index (χ0v) is 10.9. The molecule has 0 saturated heterocycles. The van der Waals surface area contributed by atoms with Crippen molar-refractivity contribution in [2.24, 2.45) is 0 Å². The molecule has 0 unspecified atom stereocenters. The maximum atomic E-state index is 11.8. The minimum absolute atomic E-state index is 0.0239. The molecule has 0 aliphatic rings. The summed E-state index contributed by atoms with van der Waals surface area (Å²) in [5, 5.41) is 2.80. The number of rotatable bonds is 5. The molecule has 1 heterocycles. The molecule has 0 radical (unpaired) electrons. The van der Waals surface area contributed by atoms with Crippen molar-refractivity contribution >= 4 is 5.91 Å². The van der Waals surface area contributed by atoms with Crippen LogP contribution in [0.25, 0.3) is 0 Å². The van der Waals surface area contributed by atoms with Gasteiger partial charge in [0.1, 0.15) is 0 Å². The van der Waals surface area contributed by atoms with Gasteiger partial charge in [0, 0.05) is 37.4 Å². The van der Waals surface area contributed by atoms with E-state index in [2.05, 4.69) is 5.32 Å². The van der Waals surface area contributed by atoms with Crippen molar-refractivity contribution in [3.63, 3.8) is 0 Å². The number of aryl methyl sites for hydroxylation is 1. The maximum absolute atomic E-state index is 11.8. The topological polar surface area (TPSA) is 56.0 Å². The van der Waals surface area contributed by atoms with Gasteiger partial charge in [0.15, 0.2) is 0 Å². The largest absolute Gasteiger partial charge is 0.354 e. The summed E-state index contributed by atoms with van der Waals surface area (Å²) in [6.45, 7) is 8.17. The van der Waals surface area contributed by atoms with Gasteiger partial charge in [-0.05, 0) is 27.7 Å². The van der Waals surface area contributed by atoms with Gasteiger partial charge in [0.25, 0.3) is 0 Å². The molecule has 17 heavy (non-hydrogen) atoms. The van der Waals surface area contributed by atoms with E-state index in [0.29, 0.717) is 13.0 Å². The van der Waals surface area contributed by atoms with Crippen LogP contribution in [0.5, 0.6) is 0 Å². The number of nitrogens with zero attached hydrogens (tertiary/aromatic N) is 2. The third kappa shape index (κ3) is 3.76. The Morgan fingerprint density at radius 1 is 1.29 bits per heavy atom. The van der Waals surface area contributed by atoms with E-state index >= 15 is 0 Å². The lowest BCUT2D eigenvalue weighted by Crippen LogP contribution is -2.32. The van der Waals surface area contributed by atoms with Crippen LogP contribution in [0, 0.1) is 0 Å². The second kappa shape index (κ2) is 5.70. The highest BCUT2D eigenvalue weighted by molar-refractivity contribution is 5.76. The Hall–Kier alpha value is -1.52. The van der Waals surface area contributed by atoms with Crippen molar-refractivity contribution in [3.05, 3.63) is 22.9 Å². The molecule has 0 aliphatic carbocycles. The van der Waals surface area contributed by atoms with E-state index in [0.717, 1.165) is 0 Å². The van der Waals surface area contributed by atoms with E-state index in [1.165, 1.54) is 0 Å². The average Bonchev–Trinajstić information content (AvgIpc) is 2.55. The number of carbonyl (C=O) groups excluding carboxylic acids is 1. The minimum atomic E-state index is -0.0580. The molecule has 96 valence electrons. The van der Waals surface area contributed by atoms with Gasteiger partial charge in [-0.15, -0.1) is 0 Å². The number of aromatic nitrogens is 2. The molecule has 1 amide bonds. The molecule has 5 nitrogen and oxygen atoms in total. The van der Waals surface area contributed by atoms with E-state index < -0.39 is 0 Å². The zero-order valence-electron chi connectivity index (χ0n) is 10.9. The third-order valence-corrected chi connectivity index (χ3v) is 2.46. The number of hydrogen-bond acceptors (Lipinski definition) is 2. The molecule has 0 aliphatic heterocycles. The molecule has 0 aromatic carbocycles. The van der Waals surface area contributed by atoms with Crippen molar-refractivity contribution in [3.8, 4) is 0 Å². The Bertz CT molecular complexity index is 429. The van der Waals surface area contributed by atoms with E-state index in [1.54, 1.807) is 21.5 Å². The summed E-state index contributed by atoms with van der Waals surface area (Å²) < 4.78 is 3.22. The number of hydrogen-bond donors (Lipinski definition) is 1. The highest BCUT2D eigenvalue weighted by Gasteiger charge is 2.08. The Morgan fingerprint density at radius 3 is 2.41 bits per heavy atom. The Balaban J connectivity index is 2.59. The first-order valence-corrected chi connectivity index (χ1v) is 5.98. The standard InChI is InChI=1S/C12H21N3O2/c1-9(2)13-11(16)5-6-14-7-8-15(10(3)4)12(14)17/h7-10H,5-6H2,1-4H3,(H,13,16). The van der Waals surface area contributed by atoms with Gasteiger partial charge in [0.2, 0.25) is 5.91 Å². The van der Waals surface area contributed by atoms with Crippen LogP contribution in [0.15, 0.2) is 17.2 Å². The van der Waals surface area contributed by atoms with Crippen LogP contribution in [0.4, 0.5) is 0 Å². The van der Waals surface area contributed by atoms with Crippen molar-refractivity contribution < 1.29 is 4.79 Å². The molecule has 0 spiro atoms. The van der Waals surface area contributed by atoms with Crippen molar-refractivity contribution in [2.45, 2.75) is 52.7 Å². The van der Waals surface area contributed by atoms with Crippen molar-refractivity contribution in [2.75, 3.05) is 0 Å². The Morgan fingerprint density at radius 2 is 1.94 bits per heavy atom. The highest BCUT2D eigenvalue weighted by Crippen LogP contribution is 1.99. The normalized spacial score (nSPS) is 11.2. The number of nitrogens with one attached hydrogen (secondary N) is 1. The molecule has 1 rings (SSSR count). The summed E-state index contributed by atoms with van der Waals surface area (Å²) in [7, 11) is 0. The van der Waals surface area contributed by atoms with E-state index in [-0.39, 0.29) is 23.7 Å². The lowest BCUT2D eigenvalue weighted by atomic mass is 10.3. The molecular weight excluding hydrogens is 218 g/mol. The summed E-state index contributed by atoms with van der Waals surface area (Å²) in [4.78, 5) is 23.3. The Labute approximate surface area is 101 Å². The fraction of sp³-hybridized carbons (Fsp3) is 0.667. The summed E-state index contributed by atoms with van der Waals surface area (Å²) >= 11 is 0. The quantitative estimate of drug-likeness (QED) is 0.838. The van der Waals surface area contributed by atoms with Crippen LogP contribution < -0.4 is 11.0 Å². The lowest BCUT2D eigenvalue weighted by molar-refractivity contribution is -0.121. The van der Waals surface area contributed by atoms with Crippen LogP contribution >= 0.6 is 0 Å². The molecule has 0 atom stereocenters. The molecule has 5 heteroatoms. The average molecular weight is 239 g/mol. The van der Waals surface area contributed by atoms with Gasteiger partial charge in [-0.3, -0.25) is 13.9 Å². The van der Waals surface area contributed by atoms with E-state index in [4.69, 9.17) is 0 Å². The highest BCUT2D eigenvalue weighted by atomic mass is 16.2. The van der Waals surface area contributed by atoms with Gasteiger partial charge < -0.3 is 5.32 Å². The van der Waals surface area contributed by atoms with Crippen LogP contribution in [0.3, 0.4) is 0 Å². The number of amides is 1. The first kappa shape index (κ1) is 13.5. The van der Waals surface area contributed by atoms with Crippen molar-refractivity contribution in [1.29, 1.82) is 0 Å². The molecular formula is C12H21N3O2. The zero-order chi connectivity index (χ0) is 13.0. The SMILES string of the molecule is CC(C)NC(=O)CCn1ccn(C(C)C)c1=O. The second-order valence-electron chi connectivity index (χ2n) is 4.75. The summed E-state index contributed by atoms with van der Waals surface area (Å²) in [5.74, 6) is -0.0239. The predicted octanol–water partition coefficient (Wildman–Crippen LogP) is 1.15. The van der Waals surface area contributed by atoms with Gasteiger partial charge in [-0.25, -0.2) is 4.79 Å².